The molecule has 1 aromatic heterocycles. The van der Waals surface area contributed by atoms with E-state index in [1.54, 1.807) is 46.2 Å². The molecular weight excluding hydrogens is 461 g/mol. The summed E-state index contributed by atoms with van der Waals surface area (Å²) in [5.41, 5.74) is 1.96. The smallest absolute Gasteiger partial charge is 0.257 e. The van der Waals surface area contributed by atoms with E-state index in [0.29, 0.717) is 63.9 Å². The molecule has 0 saturated carbocycles. The molecule has 4 rings (SSSR count). The predicted octanol–water partition coefficient (Wildman–Crippen LogP) is 4.58. The fraction of sp³-hybridized carbons (Fsp3) is 0.318. The monoisotopic (exact) mass is 480 g/mol. The van der Waals surface area contributed by atoms with Crippen LogP contribution in [0.25, 0.3) is 22.2 Å². The number of aromatic nitrogens is 2. The molecule has 168 valence electrons. The topological polar surface area (TPSA) is 58.4 Å². The molecule has 2 heterocycles. The number of rotatable bonds is 4. The maximum absolute atomic E-state index is 13.1. The van der Waals surface area contributed by atoms with Crippen molar-refractivity contribution in [3.05, 3.63) is 52.0 Å². The second-order valence-corrected chi connectivity index (χ2v) is 8.40. The maximum atomic E-state index is 13.1. The summed E-state index contributed by atoms with van der Waals surface area (Å²) in [5, 5.41) is 5.63. The zero-order valence-corrected chi connectivity index (χ0v) is 18.7. The Labute approximate surface area is 193 Å². The molecule has 1 fully saturated rings. The first-order valence-electron chi connectivity index (χ1n) is 10.0. The van der Waals surface area contributed by atoms with Crippen LogP contribution < -0.4 is 0 Å². The number of hydrogen-bond donors (Lipinski definition) is 0. The molecule has 0 unspecified atom stereocenters. The van der Waals surface area contributed by atoms with Crippen molar-refractivity contribution in [2.24, 2.45) is 0 Å². The van der Waals surface area contributed by atoms with Crippen LogP contribution in [-0.4, -0.2) is 64.0 Å². The van der Waals surface area contributed by atoms with Gasteiger partial charge in [-0.05, 0) is 30.3 Å². The Morgan fingerprint density at radius 1 is 1.00 bits per heavy atom. The molecule has 2 amide bonds. The lowest BCUT2D eigenvalue weighted by molar-refractivity contribution is -0.130. The second kappa shape index (κ2) is 9.03. The lowest BCUT2D eigenvalue weighted by atomic mass is 10.0. The van der Waals surface area contributed by atoms with E-state index in [1.165, 1.54) is 11.6 Å². The average molecular weight is 481 g/mol. The van der Waals surface area contributed by atoms with Gasteiger partial charge in [0.25, 0.3) is 12.3 Å². The molecule has 0 spiro atoms. The summed E-state index contributed by atoms with van der Waals surface area (Å²) in [6, 6.07) is 9.85. The van der Waals surface area contributed by atoms with E-state index in [9.17, 15) is 18.4 Å². The van der Waals surface area contributed by atoms with Crippen LogP contribution in [0.15, 0.2) is 36.4 Å². The Balaban J connectivity index is 1.72. The summed E-state index contributed by atoms with van der Waals surface area (Å²) < 4.78 is 27.5. The SMILES string of the molecule is CC(=O)N1CCN(C(=O)c2ccc3c(c2)c(-c2ccc(Cl)c(Cl)c2)nn3CC(F)F)CC1. The van der Waals surface area contributed by atoms with E-state index in [2.05, 4.69) is 5.10 Å². The van der Waals surface area contributed by atoms with Gasteiger partial charge in [0.1, 0.15) is 12.2 Å². The fourth-order valence-corrected chi connectivity index (χ4v) is 4.14. The summed E-state index contributed by atoms with van der Waals surface area (Å²) in [7, 11) is 0. The van der Waals surface area contributed by atoms with Crippen molar-refractivity contribution in [1.29, 1.82) is 0 Å². The Bertz CT molecular complexity index is 1190. The van der Waals surface area contributed by atoms with Crippen LogP contribution in [0.3, 0.4) is 0 Å². The highest BCUT2D eigenvalue weighted by atomic mass is 35.5. The summed E-state index contributed by atoms with van der Waals surface area (Å²) in [6.07, 6.45) is -2.58. The minimum absolute atomic E-state index is 0.0174. The van der Waals surface area contributed by atoms with Crippen molar-refractivity contribution >= 4 is 45.9 Å². The normalized spacial score (nSPS) is 14.4. The summed E-state index contributed by atoms with van der Waals surface area (Å²) in [6.45, 7) is 2.75. The van der Waals surface area contributed by atoms with Crippen LogP contribution in [0, 0.1) is 0 Å². The minimum Gasteiger partial charge on any atom is -0.339 e. The summed E-state index contributed by atoms with van der Waals surface area (Å²) in [4.78, 5) is 28.0. The number of piperazine rings is 1. The molecule has 1 aliphatic heterocycles. The Kier molecular flexibility index (Phi) is 6.35. The highest BCUT2D eigenvalue weighted by molar-refractivity contribution is 6.42. The first-order chi connectivity index (χ1) is 15.2. The number of amides is 2. The molecule has 1 saturated heterocycles. The van der Waals surface area contributed by atoms with Gasteiger partial charge in [0.05, 0.1) is 15.6 Å². The van der Waals surface area contributed by atoms with Gasteiger partial charge < -0.3 is 9.80 Å². The molecule has 6 nitrogen and oxygen atoms in total. The average Bonchev–Trinajstić information content (AvgIpc) is 3.12. The van der Waals surface area contributed by atoms with Crippen LogP contribution in [-0.2, 0) is 11.3 Å². The van der Waals surface area contributed by atoms with Gasteiger partial charge >= 0.3 is 0 Å². The van der Waals surface area contributed by atoms with Gasteiger partial charge in [0, 0.05) is 49.6 Å². The number of benzene rings is 2. The molecule has 0 atom stereocenters. The summed E-state index contributed by atoms with van der Waals surface area (Å²) >= 11 is 12.2. The standard InChI is InChI=1S/C22H20Cl2F2N4O2/c1-13(31)28-6-8-29(9-7-28)22(32)15-3-5-19-16(10-15)21(27-30(19)12-20(25)26)14-2-4-17(23)18(24)11-14/h2-5,10-11,20H,6-9,12H2,1H3. The van der Waals surface area contributed by atoms with Crippen LogP contribution in [0.5, 0.6) is 0 Å². The summed E-state index contributed by atoms with van der Waals surface area (Å²) in [5.74, 6) is -0.201. The van der Waals surface area contributed by atoms with Crippen molar-refractivity contribution < 1.29 is 18.4 Å². The van der Waals surface area contributed by atoms with E-state index in [1.807, 2.05) is 0 Å². The minimum atomic E-state index is -2.58. The first kappa shape index (κ1) is 22.5. The predicted molar refractivity (Wildman–Crippen MR) is 119 cm³/mol. The molecule has 3 aromatic rings. The molecule has 1 aliphatic rings. The van der Waals surface area contributed by atoms with E-state index in [0.717, 1.165) is 0 Å². The lowest BCUT2D eigenvalue weighted by Crippen LogP contribution is -2.50. The number of nitrogens with zero attached hydrogens (tertiary/aromatic N) is 4. The zero-order valence-electron chi connectivity index (χ0n) is 17.2. The molecular formula is C22H20Cl2F2N4O2. The molecule has 32 heavy (non-hydrogen) atoms. The van der Waals surface area contributed by atoms with Crippen LogP contribution in [0.1, 0.15) is 17.3 Å². The third-order valence-corrected chi connectivity index (χ3v) is 6.25. The van der Waals surface area contributed by atoms with E-state index in [4.69, 9.17) is 23.2 Å². The largest absolute Gasteiger partial charge is 0.339 e. The van der Waals surface area contributed by atoms with Crippen molar-refractivity contribution in [3.63, 3.8) is 0 Å². The van der Waals surface area contributed by atoms with Crippen molar-refractivity contribution in [2.75, 3.05) is 26.2 Å². The number of fused-ring (bicyclic) bond motifs is 1. The van der Waals surface area contributed by atoms with Gasteiger partial charge in [0.2, 0.25) is 5.91 Å². The second-order valence-electron chi connectivity index (χ2n) is 7.58. The Morgan fingerprint density at radius 3 is 2.31 bits per heavy atom. The fourth-order valence-electron chi connectivity index (χ4n) is 3.85. The highest BCUT2D eigenvalue weighted by Gasteiger charge is 2.24. The number of alkyl halides is 2. The number of carbonyl (C=O) groups is 2. The Morgan fingerprint density at radius 2 is 1.69 bits per heavy atom. The first-order valence-corrected chi connectivity index (χ1v) is 10.8. The van der Waals surface area contributed by atoms with Crippen LogP contribution >= 0.6 is 23.2 Å². The van der Waals surface area contributed by atoms with E-state index < -0.39 is 13.0 Å². The van der Waals surface area contributed by atoms with Gasteiger partial charge in [-0.25, -0.2) is 8.78 Å². The number of halogens is 4. The van der Waals surface area contributed by atoms with Crippen molar-refractivity contribution in [3.8, 4) is 11.3 Å². The molecule has 0 radical (unpaired) electrons. The van der Waals surface area contributed by atoms with E-state index >= 15 is 0 Å². The van der Waals surface area contributed by atoms with Gasteiger partial charge in [-0.3, -0.25) is 14.3 Å². The third kappa shape index (κ3) is 4.42. The molecule has 0 bridgehead atoms. The number of hydrogen-bond acceptors (Lipinski definition) is 3. The Hall–Kier alpha value is -2.71. The maximum Gasteiger partial charge on any atom is 0.257 e. The molecule has 0 aliphatic carbocycles. The van der Waals surface area contributed by atoms with Gasteiger partial charge in [0.15, 0.2) is 0 Å². The van der Waals surface area contributed by atoms with Crippen LogP contribution in [0.2, 0.25) is 10.0 Å². The van der Waals surface area contributed by atoms with Gasteiger partial charge in [-0.15, -0.1) is 0 Å². The molecule has 10 heteroatoms. The van der Waals surface area contributed by atoms with E-state index in [-0.39, 0.29) is 11.8 Å². The van der Waals surface area contributed by atoms with Crippen LogP contribution in [0.4, 0.5) is 8.78 Å². The van der Waals surface area contributed by atoms with Crippen molar-refractivity contribution in [1.82, 2.24) is 19.6 Å². The third-order valence-electron chi connectivity index (χ3n) is 5.51. The number of carbonyl (C=O) groups excluding carboxylic acids is 2. The molecule has 0 N–H and O–H groups in total. The highest BCUT2D eigenvalue weighted by Crippen LogP contribution is 2.33. The van der Waals surface area contributed by atoms with Crippen molar-refractivity contribution in [2.45, 2.75) is 19.9 Å². The zero-order chi connectivity index (χ0) is 23.0. The molecule has 2 aromatic carbocycles. The van der Waals surface area contributed by atoms with Gasteiger partial charge in [-0.2, -0.15) is 5.10 Å². The lowest BCUT2D eigenvalue weighted by Gasteiger charge is -2.34. The quantitative estimate of drug-likeness (QED) is 0.549. The van der Waals surface area contributed by atoms with Gasteiger partial charge in [-0.1, -0.05) is 29.3 Å².